The Morgan fingerprint density at radius 3 is 2.50 bits per heavy atom. The van der Waals surface area contributed by atoms with Gasteiger partial charge in [-0.3, -0.25) is 4.79 Å². The Morgan fingerprint density at radius 2 is 1.94 bits per heavy atom. The number of esters is 1. The first-order chi connectivity index (χ1) is 8.37. The van der Waals surface area contributed by atoms with Crippen molar-refractivity contribution in [2.45, 2.75) is 38.9 Å². The van der Waals surface area contributed by atoms with Crippen LogP contribution < -0.4 is 0 Å². The molecule has 1 aromatic carbocycles. The van der Waals surface area contributed by atoms with Gasteiger partial charge in [0.2, 0.25) is 0 Å². The molecule has 18 heavy (non-hydrogen) atoms. The molecule has 0 aliphatic heterocycles. The average molecular weight is 248 g/mol. The second-order valence-corrected chi connectivity index (χ2v) is 5.13. The lowest BCUT2D eigenvalue weighted by Gasteiger charge is -2.20. The molecule has 3 heteroatoms. The molecule has 0 saturated carbocycles. The van der Waals surface area contributed by atoms with Crippen LogP contribution in [0.2, 0.25) is 0 Å². The summed E-state index contributed by atoms with van der Waals surface area (Å²) in [6, 6.07) is 9.61. The Balaban J connectivity index is 2.45. The third kappa shape index (κ3) is 6.21. The van der Waals surface area contributed by atoms with Crippen molar-refractivity contribution in [2.75, 3.05) is 0 Å². The van der Waals surface area contributed by atoms with E-state index in [9.17, 15) is 9.90 Å². The number of carbonyl (C=O) groups excluding carboxylic acids is 1. The van der Waals surface area contributed by atoms with Gasteiger partial charge in [-0.15, -0.1) is 0 Å². The highest BCUT2D eigenvalue weighted by atomic mass is 16.6. The summed E-state index contributed by atoms with van der Waals surface area (Å²) >= 11 is 0. The van der Waals surface area contributed by atoms with Crippen LogP contribution in [0.1, 0.15) is 32.8 Å². The lowest BCUT2D eigenvalue weighted by atomic mass is 10.1. The molecule has 0 radical (unpaired) electrons. The summed E-state index contributed by atoms with van der Waals surface area (Å²) in [6.45, 7) is 5.41. The molecular weight excluding hydrogens is 228 g/mol. The average Bonchev–Trinajstić information content (AvgIpc) is 2.25. The van der Waals surface area contributed by atoms with Crippen molar-refractivity contribution in [2.24, 2.45) is 0 Å². The van der Waals surface area contributed by atoms with E-state index >= 15 is 0 Å². The maximum atomic E-state index is 11.5. The van der Waals surface area contributed by atoms with Crippen molar-refractivity contribution in [1.29, 1.82) is 0 Å². The van der Waals surface area contributed by atoms with E-state index in [1.54, 1.807) is 32.9 Å². The molecule has 0 heterocycles. The Bertz CT molecular complexity index is 401. The fraction of sp³-hybridized carbons (Fsp3) is 0.400. The van der Waals surface area contributed by atoms with E-state index in [0.29, 0.717) is 0 Å². The largest absolute Gasteiger partial charge is 0.460 e. The Labute approximate surface area is 108 Å². The zero-order valence-corrected chi connectivity index (χ0v) is 11.1. The first-order valence-corrected chi connectivity index (χ1v) is 6.00. The van der Waals surface area contributed by atoms with E-state index in [2.05, 4.69) is 0 Å². The van der Waals surface area contributed by atoms with Gasteiger partial charge in [-0.25, -0.2) is 0 Å². The van der Waals surface area contributed by atoms with Gasteiger partial charge >= 0.3 is 5.97 Å². The second kappa shape index (κ2) is 6.36. The minimum atomic E-state index is -0.819. The van der Waals surface area contributed by atoms with Gasteiger partial charge in [0.25, 0.3) is 0 Å². The first kappa shape index (κ1) is 14.5. The number of hydrogen-bond donors (Lipinski definition) is 1. The fourth-order valence-corrected chi connectivity index (χ4v) is 1.41. The highest BCUT2D eigenvalue weighted by Crippen LogP contribution is 2.10. The summed E-state index contributed by atoms with van der Waals surface area (Å²) < 4.78 is 5.13. The van der Waals surface area contributed by atoms with Crippen LogP contribution in [0, 0.1) is 0 Å². The van der Waals surface area contributed by atoms with Crippen LogP contribution in [0.4, 0.5) is 0 Å². The number of aliphatic hydroxyl groups is 1. The molecule has 1 aromatic rings. The second-order valence-electron chi connectivity index (χ2n) is 5.13. The molecule has 98 valence electrons. The third-order valence-corrected chi connectivity index (χ3v) is 2.11. The fourth-order valence-electron chi connectivity index (χ4n) is 1.41. The Hall–Kier alpha value is -1.61. The molecule has 0 saturated heterocycles. The summed E-state index contributed by atoms with van der Waals surface area (Å²) in [5.41, 5.74) is 0.473. The zero-order valence-electron chi connectivity index (χ0n) is 11.1. The summed E-state index contributed by atoms with van der Waals surface area (Å²) in [4.78, 5) is 11.5. The van der Waals surface area contributed by atoms with Gasteiger partial charge in [-0.1, -0.05) is 42.5 Å². The maximum Gasteiger partial charge on any atom is 0.309 e. The number of aliphatic hydroxyl groups excluding tert-OH is 1. The molecule has 1 rings (SSSR count). The predicted molar refractivity (Wildman–Crippen MR) is 71.9 cm³/mol. The number of rotatable bonds is 4. The smallest absolute Gasteiger partial charge is 0.309 e. The Morgan fingerprint density at radius 1 is 1.33 bits per heavy atom. The van der Waals surface area contributed by atoms with Crippen LogP contribution in [-0.2, 0) is 9.53 Å². The van der Waals surface area contributed by atoms with Crippen LogP contribution in [0.25, 0.3) is 6.08 Å². The van der Waals surface area contributed by atoms with Gasteiger partial charge in [0, 0.05) is 0 Å². The molecule has 0 amide bonds. The molecule has 1 unspecified atom stereocenters. The number of benzene rings is 1. The van der Waals surface area contributed by atoms with Crippen molar-refractivity contribution >= 4 is 12.0 Å². The van der Waals surface area contributed by atoms with E-state index < -0.39 is 17.7 Å². The van der Waals surface area contributed by atoms with E-state index in [1.165, 1.54) is 0 Å². The van der Waals surface area contributed by atoms with Crippen molar-refractivity contribution in [3.05, 3.63) is 42.0 Å². The highest BCUT2D eigenvalue weighted by Gasteiger charge is 2.17. The standard InChI is InChI=1S/C15H20O3/c1-15(2,3)18-14(17)11-13(16)10-9-12-7-5-4-6-8-12/h4-10,13,16H,11H2,1-3H3. The Kier molecular flexibility index (Phi) is 5.10. The zero-order chi connectivity index (χ0) is 13.6. The molecular formula is C15H20O3. The van der Waals surface area contributed by atoms with Gasteiger partial charge in [-0.05, 0) is 26.3 Å². The van der Waals surface area contributed by atoms with Crippen LogP contribution in [0.5, 0.6) is 0 Å². The summed E-state index contributed by atoms with van der Waals surface area (Å²) in [7, 11) is 0. The van der Waals surface area contributed by atoms with Gasteiger partial charge in [-0.2, -0.15) is 0 Å². The van der Waals surface area contributed by atoms with Crippen LogP contribution in [0.3, 0.4) is 0 Å². The van der Waals surface area contributed by atoms with E-state index in [-0.39, 0.29) is 6.42 Å². The van der Waals surface area contributed by atoms with Gasteiger partial charge in [0.15, 0.2) is 0 Å². The molecule has 0 aromatic heterocycles. The predicted octanol–water partition coefficient (Wildman–Crippen LogP) is 2.79. The highest BCUT2D eigenvalue weighted by molar-refractivity contribution is 5.71. The first-order valence-electron chi connectivity index (χ1n) is 6.00. The topological polar surface area (TPSA) is 46.5 Å². The monoisotopic (exact) mass is 248 g/mol. The summed E-state index contributed by atoms with van der Waals surface area (Å²) in [5, 5.41) is 9.69. The summed E-state index contributed by atoms with van der Waals surface area (Å²) in [6.07, 6.45) is 2.54. The maximum absolute atomic E-state index is 11.5. The number of ether oxygens (including phenoxy) is 1. The van der Waals surface area contributed by atoms with Gasteiger partial charge < -0.3 is 9.84 Å². The molecule has 0 spiro atoms. The molecule has 1 N–H and O–H groups in total. The van der Waals surface area contributed by atoms with Crippen molar-refractivity contribution in [3.8, 4) is 0 Å². The van der Waals surface area contributed by atoms with Crippen molar-refractivity contribution in [3.63, 3.8) is 0 Å². The van der Waals surface area contributed by atoms with Crippen LogP contribution >= 0.6 is 0 Å². The van der Waals surface area contributed by atoms with Crippen molar-refractivity contribution < 1.29 is 14.6 Å². The van der Waals surface area contributed by atoms with Crippen LogP contribution in [0.15, 0.2) is 36.4 Å². The van der Waals surface area contributed by atoms with Crippen LogP contribution in [-0.4, -0.2) is 22.8 Å². The lowest BCUT2D eigenvalue weighted by molar-refractivity contribution is -0.156. The third-order valence-electron chi connectivity index (χ3n) is 2.11. The van der Waals surface area contributed by atoms with Crippen molar-refractivity contribution in [1.82, 2.24) is 0 Å². The molecule has 0 bridgehead atoms. The molecule has 0 fully saturated rings. The molecule has 1 atom stereocenters. The SMILES string of the molecule is CC(C)(C)OC(=O)CC(O)C=Cc1ccccc1. The lowest BCUT2D eigenvalue weighted by Crippen LogP contribution is -2.26. The quantitative estimate of drug-likeness (QED) is 0.833. The normalized spacial score (nSPS) is 13.6. The molecule has 3 nitrogen and oxygen atoms in total. The number of carbonyl (C=O) groups is 1. The minimum Gasteiger partial charge on any atom is -0.460 e. The van der Waals surface area contributed by atoms with E-state index in [0.717, 1.165) is 5.56 Å². The molecule has 0 aliphatic rings. The molecule has 0 aliphatic carbocycles. The minimum absolute atomic E-state index is 0.0272. The van der Waals surface area contributed by atoms with E-state index in [1.807, 2.05) is 30.3 Å². The van der Waals surface area contributed by atoms with Gasteiger partial charge in [0.05, 0.1) is 12.5 Å². The number of hydrogen-bond acceptors (Lipinski definition) is 3. The van der Waals surface area contributed by atoms with E-state index in [4.69, 9.17) is 4.74 Å². The van der Waals surface area contributed by atoms with Gasteiger partial charge in [0.1, 0.15) is 5.60 Å². The summed E-state index contributed by atoms with van der Waals surface area (Å²) in [5.74, 6) is -0.396.